The summed E-state index contributed by atoms with van der Waals surface area (Å²) in [7, 11) is -3.35. The molecule has 0 aliphatic carbocycles. The Morgan fingerprint density at radius 1 is 1.17 bits per heavy atom. The van der Waals surface area contributed by atoms with Crippen LogP contribution in [0.1, 0.15) is 27.9 Å². The van der Waals surface area contributed by atoms with Crippen molar-refractivity contribution in [2.75, 3.05) is 23.7 Å². The molecule has 2 heterocycles. The fraction of sp³-hybridized carbons (Fsp3) is 0.273. The average Bonchev–Trinajstić information content (AvgIpc) is 2.70. The molecule has 0 spiro atoms. The number of ether oxygens (including phenoxy) is 1. The first-order valence-electron chi connectivity index (χ1n) is 9.53. The lowest BCUT2D eigenvalue weighted by Gasteiger charge is -2.29. The second-order valence-corrected chi connectivity index (χ2v) is 9.31. The molecule has 0 saturated carbocycles. The van der Waals surface area contributed by atoms with Crippen LogP contribution in [-0.2, 0) is 16.4 Å². The predicted molar refractivity (Wildman–Crippen MR) is 114 cm³/mol. The van der Waals surface area contributed by atoms with Gasteiger partial charge >= 0.3 is 5.63 Å². The minimum absolute atomic E-state index is 0.184. The Balaban J connectivity index is 1.52. The van der Waals surface area contributed by atoms with Crippen molar-refractivity contribution < 1.29 is 22.4 Å². The summed E-state index contributed by atoms with van der Waals surface area (Å²) >= 11 is 0. The number of carbonyl (C=O) groups is 1. The molecule has 8 heteroatoms. The third-order valence-corrected chi connectivity index (χ3v) is 6.35. The Morgan fingerprint density at radius 3 is 2.73 bits per heavy atom. The van der Waals surface area contributed by atoms with E-state index in [0.717, 1.165) is 16.5 Å². The normalized spacial score (nSPS) is 13.9. The van der Waals surface area contributed by atoms with Gasteiger partial charge in [-0.2, -0.15) is 0 Å². The molecule has 0 bridgehead atoms. The quantitative estimate of drug-likeness (QED) is 0.459. The van der Waals surface area contributed by atoms with E-state index in [-0.39, 0.29) is 12.4 Å². The molecule has 3 aromatic rings. The number of hydrogen-bond donors (Lipinski definition) is 0. The number of aryl methyl sites for hydroxylation is 2. The summed E-state index contributed by atoms with van der Waals surface area (Å²) in [5, 5.41) is 0.804. The van der Waals surface area contributed by atoms with E-state index >= 15 is 0 Å². The van der Waals surface area contributed by atoms with Gasteiger partial charge in [-0.1, -0.05) is 0 Å². The van der Waals surface area contributed by atoms with Crippen molar-refractivity contribution >= 4 is 32.5 Å². The molecule has 30 heavy (non-hydrogen) atoms. The summed E-state index contributed by atoms with van der Waals surface area (Å²) in [4.78, 5) is 24.2. The van der Waals surface area contributed by atoms with Crippen LogP contribution in [0.4, 0.5) is 5.69 Å². The van der Waals surface area contributed by atoms with E-state index in [0.29, 0.717) is 42.0 Å². The highest BCUT2D eigenvalue weighted by Gasteiger charge is 2.24. The number of anilines is 1. The summed E-state index contributed by atoms with van der Waals surface area (Å²) in [6.45, 7) is 2.08. The molecule has 0 atom stereocenters. The van der Waals surface area contributed by atoms with E-state index in [1.54, 1.807) is 36.4 Å². The minimum atomic E-state index is -3.35. The largest absolute Gasteiger partial charge is 0.485 e. The van der Waals surface area contributed by atoms with Crippen molar-refractivity contribution in [3.8, 4) is 5.75 Å². The van der Waals surface area contributed by atoms with Crippen LogP contribution in [0.5, 0.6) is 5.75 Å². The maximum Gasteiger partial charge on any atom is 0.336 e. The standard InChI is InChI=1S/C22H21NO6S/c1-14-10-22(25)29-21-12-17(6-7-18(14)21)28-13-20(24)16-5-8-19-15(11-16)4-3-9-23(19)30(2,26)27/h5-8,10-12H,3-4,9,13H2,1-2H3. The third kappa shape index (κ3) is 3.95. The second kappa shape index (κ2) is 7.60. The summed E-state index contributed by atoms with van der Waals surface area (Å²) < 4.78 is 36.1. The summed E-state index contributed by atoms with van der Waals surface area (Å²) in [6, 6.07) is 11.6. The monoisotopic (exact) mass is 427 g/mol. The van der Waals surface area contributed by atoms with Crippen LogP contribution in [0.15, 0.2) is 51.7 Å². The van der Waals surface area contributed by atoms with Crippen LogP contribution >= 0.6 is 0 Å². The van der Waals surface area contributed by atoms with Crippen LogP contribution in [0.3, 0.4) is 0 Å². The molecule has 0 N–H and O–H groups in total. The SMILES string of the molecule is Cc1cc(=O)oc2cc(OCC(=O)c3ccc4c(c3)CCCN4S(C)(=O)=O)ccc12. The van der Waals surface area contributed by atoms with Gasteiger partial charge in [-0.3, -0.25) is 9.10 Å². The van der Waals surface area contributed by atoms with E-state index in [2.05, 4.69) is 0 Å². The molecular formula is C22H21NO6S. The van der Waals surface area contributed by atoms with Gasteiger partial charge in [0, 0.05) is 29.6 Å². The van der Waals surface area contributed by atoms with Crippen molar-refractivity contribution in [3.63, 3.8) is 0 Å². The van der Waals surface area contributed by atoms with Crippen molar-refractivity contribution in [3.05, 3.63) is 69.6 Å². The van der Waals surface area contributed by atoms with Crippen molar-refractivity contribution in [1.82, 2.24) is 0 Å². The van der Waals surface area contributed by atoms with Crippen LogP contribution in [-0.4, -0.2) is 33.6 Å². The number of nitrogens with zero attached hydrogens (tertiary/aromatic N) is 1. The Morgan fingerprint density at radius 2 is 1.97 bits per heavy atom. The van der Waals surface area contributed by atoms with Gasteiger partial charge in [-0.25, -0.2) is 13.2 Å². The van der Waals surface area contributed by atoms with Gasteiger partial charge in [0.1, 0.15) is 11.3 Å². The number of rotatable bonds is 5. The molecule has 1 aliphatic heterocycles. The van der Waals surface area contributed by atoms with E-state index in [1.807, 2.05) is 6.92 Å². The Labute approximate surface area is 173 Å². The molecular weight excluding hydrogens is 406 g/mol. The lowest BCUT2D eigenvalue weighted by molar-refractivity contribution is 0.0921. The first-order chi connectivity index (χ1) is 14.2. The Kier molecular flexibility index (Phi) is 5.11. The zero-order chi connectivity index (χ0) is 21.5. The molecule has 1 aliphatic rings. The van der Waals surface area contributed by atoms with Gasteiger partial charge in [-0.15, -0.1) is 0 Å². The molecule has 0 fully saturated rings. The summed E-state index contributed by atoms with van der Waals surface area (Å²) in [6.07, 6.45) is 2.60. The number of sulfonamides is 1. The fourth-order valence-corrected chi connectivity index (χ4v) is 4.70. The Bertz CT molecular complexity index is 1310. The maximum atomic E-state index is 12.6. The van der Waals surface area contributed by atoms with Gasteiger partial charge in [0.2, 0.25) is 10.0 Å². The fourth-order valence-electron chi connectivity index (χ4n) is 3.71. The number of ketones is 1. The Hall–Kier alpha value is -3.13. The van der Waals surface area contributed by atoms with Gasteiger partial charge in [-0.05, 0) is 61.2 Å². The van der Waals surface area contributed by atoms with E-state index in [9.17, 15) is 18.0 Å². The molecule has 0 unspecified atom stereocenters. The zero-order valence-electron chi connectivity index (χ0n) is 16.7. The highest BCUT2D eigenvalue weighted by atomic mass is 32.2. The van der Waals surface area contributed by atoms with Gasteiger partial charge in [0.15, 0.2) is 12.4 Å². The lowest BCUT2D eigenvalue weighted by Crippen LogP contribution is -2.34. The number of benzene rings is 2. The number of fused-ring (bicyclic) bond motifs is 2. The van der Waals surface area contributed by atoms with E-state index in [4.69, 9.17) is 9.15 Å². The molecule has 2 aromatic carbocycles. The highest BCUT2D eigenvalue weighted by Crippen LogP contribution is 2.30. The summed E-state index contributed by atoms with van der Waals surface area (Å²) in [5.74, 6) is 0.200. The molecule has 4 rings (SSSR count). The van der Waals surface area contributed by atoms with Gasteiger partial charge < -0.3 is 9.15 Å². The molecule has 156 valence electrons. The molecule has 0 saturated heterocycles. The topological polar surface area (TPSA) is 93.9 Å². The first kappa shape index (κ1) is 20.2. The second-order valence-electron chi connectivity index (χ2n) is 7.40. The van der Waals surface area contributed by atoms with Crippen LogP contribution < -0.4 is 14.7 Å². The van der Waals surface area contributed by atoms with Gasteiger partial charge in [0.05, 0.1) is 11.9 Å². The van der Waals surface area contributed by atoms with E-state index in [1.165, 1.54) is 16.6 Å². The summed E-state index contributed by atoms with van der Waals surface area (Å²) in [5.41, 5.74) is 2.69. The van der Waals surface area contributed by atoms with Crippen molar-refractivity contribution in [2.24, 2.45) is 0 Å². The molecule has 0 amide bonds. The molecule has 7 nitrogen and oxygen atoms in total. The molecule has 1 aromatic heterocycles. The molecule has 0 radical (unpaired) electrons. The number of Topliss-reactive ketones (excluding diaryl/α,β-unsaturated/α-hetero) is 1. The number of carbonyl (C=O) groups excluding carboxylic acids is 1. The highest BCUT2D eigenvalue weighted by molar-refractivity contribution is 7.92. The van der Waals surface area contributed by atoms with E-state index < -0.39 is 15.6 Å². The first-order valence-corrected chi connectivity index (χ1v) is 11.4. The predicted octanol–water partition coefficient (Wildman–Crippen LogP) is 3.08. The zero-order valence-corrected chi connectivity index (χ0v) is 17.5. The minimum Gasteiger partial charge on any atom is -0.485 e. The van der Waals surface area contributed by atoms with Crippen molar-refractivity contribution in [1.29, 1.82) is 0 Å². The third-order valence-electron chi connectivity index (χ3n) is 5.17. The van der Waals surface area contributed by atoms with Crippen molar-refractivity contribution in [2.45, 2.75) is 19.8 Å². The van der Waals surface area contributed by atoms with Gasteiger partial charge in [0.25, 0.3) is 0 Å². The lowest BCUT2D eigenvalue weighted by atomic mass is 9.99. The maximum absolute atomic E-state index is 12.6. The van der Waals surface area contributed by atoms with Crippen LogP contribution in [0.2, 0.25) is 0 Å². The smallest absolute Gasteiger partial charge is 0.336 e. The number of hydrogen-bond acceptors (Lipinski definition) is 6. The van der Waals surface area contributed by atoms with Crippen LogP contribution in [0.25, 0.3) is 11.0 Å². The van der Waals surface area contributed by atoms with Crippen LogP contribution in [0, 0.1) is 6.92 Å². The average molecular weight is 427 g/mol.